The van der Waals surface area contributed by atoms with Crippen LogP contribution in [0.4, 0.5) is 5.95 Å². The van der Waals surface area contributed by atoms with Crippen LogP contribution in [-0.2, 0) is 4.79 Å². The molecule has 0 saturated carbocycles. The number of amides is 1. The van der Waals surface area contributed by atoms with Crippen molar-refractivity contribution in [1.29, 1.82) is 0 Å². The van der Waals surface area contributed by atoms with Gasteiger partial charge < -0.3 is 10.2 Å². The first-order valence-corrected chi connectivity index (χ1v) is 6.64. The van der Waals surface area contributed by atoms with Gasteiger partial charge in [-0.2, -0.15) is 0 Å². The summed E-state index contributed by atoms with van der Waals surface area (Å²) < 4.78 is 0. The van der Waals surface area contributed by atoms with E-state index >= 15 is 0 Å². The van der Waals surface area contributed by atoms with Gasteiger partial charge in [-0.05, 0) is 25.8 Å². The number of hydrogen-bond donors (Lipinski definition) is 1. The van der Waals surface area contributed by atoms with Crippen LogP contribution in [0, 0.1) is 12.8 Å². The summed E-state index contributed by atoms with van der Waals surface area (Å²) in [5, 5.41) is 2.86. The molecule has 1 unspecified atom stereocenters. The van der Waals surface area contributed by atoms with E-state index in [1.54, 1.807) is 12.3 Å². The van der Waals surface area contributed by atoms with E-state index in [0.29, 0.717) is 13.1 Å². The Kier molecular flexibility index (Phi) is 4.49. The second-order valence-electron chi connectivity index (χ2n) is 4.82. The highest BCUT2D eigenvalue weighted by molar-refractivity contribution is 5.79. The van der Waals surface area contributed by atoms with Crippen LogP contribution >= 0.6 is 0 Å². The highest BCUT2D eigenvalue weighted by Gasteiger charge is 2.26. The van der Waals surface area contributed by atoms with Crippen molar-refractivity contribution in [1.82, 2.24) is 15.3 Å². The van der Waals surface area contributed by atoms with Crippen LogP contribution in [0.1, 0.15) is 18.5 Å². The van der Waals surface area contributed by atoms with Gasteiger partial charge in [-0.25, -0.2) is 9.97 Å². The number of anilines is 1. The third-order valence-corrected chi connectivity index (χ3v) is 3.28. The van der Waals surface area contributed by atoms with Gasteiger partial charge in [0.2, 0.25) is 11.9 Å². The molecular formula is C14H20N4O. The Morgan fingerprint density at radius 1 is 1.68 bits per heavy atom. The molecule has 1 aliphatic heterocycles. The lowest BCUT2D eigenvalue weighted by Crippen LogP contribution is -2.43. The first kappa shape index (κ1) is 13.5. The predicted octanol–water partition coefficient (Wildman–Crippen LogP) is 1.30. The van der Waals surface area contributed by atoms with Gasteiger partial charge in [-0.15, -0.1) is 6.58 Å². The van der Waals surface area contributed by atoms with Gasteiger partial charge in [0.15, 0.2) is 0 Å². The summed E-state index contributed by atoms with van der Waals surface area (Å²) in [6, 6.07) is 1.88. The molecule has 1 aromatic heterocycles. The van der Waals surface area contributed by atoms with Crippen molar-refractivity contribution in [2.24, 2.45) is 5.92 Å². The van der Waals surface area contributed by atoms with E-state index in [2.05, 4.69) is 26.8 Å². The zero-order valence-electron chi connectivity index (χ0n) is 11.3. The molecule has 0 aliphatic carbocycles. The summed E-state index contributed by atoms with van der Waals surface area (Å²) in [5.74, 6) is 0.830. The van der Waals surface area contributed by atoms with Crippen LogP contribution in [-0.4, -0.2) is 35.5 Å². The topological polar surface area (TPSA) is 58.1 Å². The lowest BCUT2D eigenvalue weighted by molar-refractivity contribution is -0.125. The van der Waals surface area contributed by atoms with E-state index in [1.165, 1.54) is 0 Å². The normalized spacial score (nSPS) is 19.0. The first-order valence-electron chi connectivity index (χ1n) is 6.64. The number of carbonyl (C=O) groups excluding carboxylic acids is 1. The first-order chi connectivity index (χ1) is 9.20. The average Bonchev–Trinajstić information content (AvgIpc) is 2.45. The smallest absolute Gasteiger partial charge is 0.225 e. The number of nitrogens with zero attached hydrogens (tertiary/aromatic N) is 3. The number of hydrogen-bond acceptors (Lipinski definition) is 4. The minimum absolute atomic E-state index is 0.0119. The van der Waals surface area contributed by atoms with E-state index in [1.807, 2.05) is 13.0 Å². The Bertz CT molecular complexity index is 461. The maximum Gasteiger partial charge on any atom is 0.225 e. The Labute approximate surface area is 113 Å². The number of carbonyl (C=O) groups is 1. The fourth-order valence-corrected chi connectivity index (χ4v) is 2.28. The molecule has 2 rings (SSSR count). The molecule has 1 fully saturated rings. The summed E-state index contributed by atoms with van der Waals surface area (Å²) in [5.41, 5.74) is 0.947. The molecule has 5 nitrogen and oxygen atoms in total. The van der Waals surface area contributed by atoms with Crippen LogP contribution < -0.4 is 10.2 Å². The zero-order chi connectivity index (χ0) is 13.7. The molecule has 0 radical (unpaired) electrons. The molecular weight excluding hydrogens is 240 g/mol. The summed E-state index contributed by atoms with van der Waals surface area (Å²) in [6.07, 6.45) is 5.37. The molecule has 1 atom stereocenters. The number of aryl methyl sites for hydroxylation is 1. The minimum atomic E-state index is 0.0119. The molecule has 0 aromatic carbocycles. The van der Waals surface area contributed by atoms with Gasteiger partial charge in [-0.1, -0.05) is 6.08 Å². The molecule has 1 N–H and O–H groups in total. The number of nitrogens with one attached hydrogen (secondary N) is 1. The van der Waals surface area contributed by atoms with E-state index in [9.17, 15) is 4.79 Å². The van der Waals surface area contributed by atoms with E-state index in [0.717, 1.165) is 31.0 Å². The number of aromatic nitrogens is 2. The molecule has 19 heavy (non-hydrogen) atoms. The lowest BCUT2D eigenvalue weighted by atomic mass is 9.97. The van der Waals surface area contributed by atoms with Gasteiger partial charge >= 0.3 is 0 Å². The van der Waals surface area contributed by atoms with Crippen LogP contribution in [0.5, 0.6) is 0 Å². The van der Waals surface area contributed by atoms with Gasteiger partial charge in [0.1, 0.15) is 0 Å². The molecule has 1 saturated heterocycles. The highest BCUT2D eigenvalue weighted by atomic mass is 16.1. The summed E-state index contributed by atoms with van der Waals surface area (Å²) in [6.45, 7) is 7.68. The third-order valence-electron chi connectivity index (χ3n) is 3.28. The Morgan fingerprint density at radius 3 is 3.26 bits per heavy atom. The Hall–Kier alpha value is -1.91. The predicted molar refractivity (Wildman–Crippen MR) is 74.9 cm³/mol. The van der Waals surface area contributed by atoms with Crippen LogP contribution in [0.25, 0.3) is 0 Å². The van der Waals surface area contributed by atoms with Crippen molar-refractivity contribution in [3.8, 4) is 0 Å². The summed E-state index contributed by atoms with van der Waals surface area (Å²) in [7, 11) is 0. The molecule has 0 bridgehead atoms. The molecule has 2 heterocycles. The van der Waals surface area contributed by atoms with Crippen LogP contribution in [0.15, 0.2) is 24.9 Å². The standard InChI is InChI=1S/C14H20N4O/c1-3-7-15-13(19)12-5-4-9-18(10-12)14-16-8-6-11(2)17-14/h3,6,8,12H,1,4-5,7,9-10H2,2H3,(H,15,19). The second kappa shape index (κ2) is 6.31. The van der Waals surface area contributed by atoms with Crippen LogP contribution in [0.2, 0.25) is 0 Å². The fourth-order valence-electron chi connectivity index (χ4n) is 2.28. The quantitative estimate of drug-likeness (QED) is 0.829. The summed E-state index contributed by atoms with van der Waals surface area (Å²) in [4.78, 5) is 22.8. The summed E-state index contributed by atoms with van der Waals surface area (Å²) >= 11 is 0. The van der Waals surface area contributed by atoms with E-state index in [4.69, 9.17) is 0 Å². The van der Waals surface area contributed by atoms with Crippen molar-refractivity contribution >= 4 is 11.9 Å². The molecule has 102 valence electrons. The monoisotopic (exact) mass is 260 g/mol. The van der Waals surface area contributed by atoms with Gasteiger partial charge in [0.25, 0.3) is 0 Å². The zero-order valence-corrected chi connectivity index (χ0v) is 11.3. The maximum atomic E-state index is 12.0. The van der Waals surface area contributed by atoms with Gasteiger partial charge in [-0.3, -0.25) is 4.79 Å². The van der Waals surface area contributed by atoms with Crippen molar-refractivity contribution in [2.45, 2.75) is 19.8 Å². The molecule has 5 heteroatoms. The van der Waals surface area contributed by atoms with Crippen LogP contribution in [0.3, 0.4) is 0 Å². The highest BCUT2D eigenvalue weighted by Crippen LogP contribution is 2.20. The second-order valence-corrected chi connectivity index (χ2v) is 4.82. The largest absolute Gasteiger partial charge is 0.352 e. The fraction of sp³-hybridized carbons (Fsp3) is 0.500. The van der Waals surface area contributed by atoms with E-state index in [-0.39, 0.29) is 11.8 Å². The molecule has 1 amide bonds. The Balaban J connectivity index is 2.00. The van der Waals surface area contributed by atoms with Gasteiger partial charge in [0, 0.05) is 31.5 Å². The average molecular weight is 260 g/mol. The Morgan fingerprint density at radius 2 is 2.53 bits per heavy atom. The maximum absolute atomic E-state index is 12.0. The van der Waals surface area contributed by atoms with Crippen molar-refractivity contribution < 1.29 is 4.79 Å². The van der Waals surface area contributed by atoms with E-state index < -0.39 is 0 Å². The third kappa shape index (κ3) is 3.53. The lowest BCUT2D eigenvalue weighted by Gasteiger charge is -2.32. The SMILES string of the molecule is C=CCNC(=O)C1CCCN(c2nccc(C)n2)C1. The van der Waals surface area contributed by atoms with Gasteiger partial charge in [0.05, 0.1) is 5.92 Å². The van der Waals surface area contributed by atoms with Crippen molar-refractivity contribution in [3.63, 3.8) is 0 Å². The molecule has 1 aliphatic rings. The molecule has 0 spiro atoms. The number of rotatable bonds is 4. The number of piperidine rings is 1. The minimum Gasteiger partial charge on any atom is -0.352 e. The molecule has 1 aromatic rings. The van der Waals surface area contributed by atoms with Crippen molar-refractivity contribution in [2.75, 3.05) is 24.5 Å². The van der Waals surface area contributed by atoms with Crippen molar-refractivity contribution in [3.05, 3.63) is 30.6 Å².